The molecule has 2 amide bonds. The van der Waals surface area contributed by atoms with Crippen molar-refractivity contribution in [2.75, 3.05) is 29.7 Å². The van der Waals surface area contributed by atoms with Crippen molar-refractivity contribution in [3.63, 3.8) is 0 Å². The number of rotatable bonds is 9. The minimum absolute atomic E-state index is 0.274. The lowest BCUT2D eigenvalue weighted by atomic mass is 10.1. The average Bonchev–Trinajstić information content (AvgIpc) is 2.92. The highest BCUT2D eigenvalue weighted by Gasteiger charge is 2.10. The Bertz CT molecular complexity index is 1410. The van der Waals surface area contributed by atoms with Crippen LogP contribution in [0, 0.1) is 6.92 Å². The summed E-state index contributed by atoms with van der Waals surface area (Å²) in [5, 5.41) is 8.87. The number of anilines is 4. The molecule has 0 bridgehead atoms. The summed E-state index contributed by atoms with van der Waals surface area (Å²) in [5.41, 5.74) is 5.02. The van der Waals surface area contributed by atoms with Crippen LogP contribution in [0.2, 0.25) is 0 Å². The molecule has 0 fully saturated rings. The number of aryl methyl sites for hydroxylation is 1. The number of carbonyl (C=O) groups is 2. The molecule has 4 aromatic rings. The molecule has 0 saturated carbocycles. The van der Waals surface area contributed by atoms with Crippen LogP contribution < -0.4 is 16.0 Å². The number of aromatic nitrogens is 3. The molecule has 9 nitrogen and oxygen atoms in total. The largest absolute Gasteiger partial charge is 0.381 e. The van der Waals surface area contributed by atoms with Crippen LogP contribution in [-0.4, -0.2) is 40.5 Å². The molecule has 9 heteroatoms. The van der Waals surface area contributed by atoms with Crippen molar-refractivity contribution in [2.24, 2.45) is 0 Å². The van der Waals surface area contributed by atoms with Gasteiger partial charge in [-0.3, -0.25) is 14.6 Å². The van der Waals surface area contributed by atoms with Crippen LogP contribution in [0.4, 0.5) is 23.0 Å². The zero-order valence-electron chi connectivity index (χ0n) is 20.4. The standard InChI is InChI=1S/C28H26N6O3/c1-19-7-10-23(17-25(19)34-28-30-15-13-24(33-28)21-5-3-14-29-18-21)32-27(36)20-8-11-22(12-9-20)31-26(35)6-4-16-37-2/h3-15,17-18H,16H2,1-2H3,(H,31,35)(H,32,36)(H,30,33,34)/b6-4+. The van der Waals surface area contributed by atoms with Gasteiger partial charge in [0.1, 0.15) is 0 Å². The van der Waals surface area contributed by atoms with Crippen molar-refractivity contribution in [3.05, 3.63) is 103 Å². The van der Waals surface area contributed by atoms with Gasteiger partial charge >= 0.3 is 0 Å². The fourth-order valence-electron chi connectivity index (χ4n) is 3.39. The summed E-state index contributed by atoms with van der Waals surface area (Å²) in [6.45, 7) is 2.31. The molecule has 0 aliphatic carbocycles. The molecule has 2 heterocycles. The second-order valence-electron chi connectivity index (χ2n) is 8.04. The zero-order valence-corrected chi connectivity index (χ0v) is 20.4. The fraction of sp³-hybridized carbons (Fsp3) is 0.107. The second kappa shape index (κ2) is 12.2. The molecular weight excluding hydrogens is 468 g/mol. The minimum Gasteiger partial charge on any atom is -0.381 e. The van der Waals surface area contributed by atoms with Gasteiger partial charge in [-0.1, -0.05) is 12.1 Å². The predicted molar refractivity (Wildman–Crippen MR) is 144 cm³/mol. The molecule has 0 spiro atoms. The number of hydrogen-bond donors (Lipinski definition) is 3. The van der Waals surface area contributed by atoms with Gasteiger partial charge in [0.2, 0.25) is 11.9 Å². The van der Waals surface area contributed by atoms with Gasteiger partial charge in [-0.2, -0.15) is 0 Å². The highest BCUT2D eigenvalue weighted by molar-refractivity contribution is 6.05. The van der Waals surface area contributed by atoms with Crippen molar-refractivity contribution in [2.45, 2.75) is 6.92 Å². The fourth-order valence-corrected chi connectivity index (χ4v) is 3.39. The van der Waals surface area contributed by atoms with Gasteiger partial charge in [0.05, 0.1) is 12.3 Å². The Labute approximate surface area is 214 Å². The number of carbonyl (C=O) groups excluding carboxylic acids is 2. The Morgan fingerprint density at radius 3 is 2.54 bits per heavy atom. The summed E-state index contributed by atoms with van der Waals surface area (Å²) >= 11 is 0. The smallest absolute Gasteiger partial charge is 0.255 e. The average molecular weight is 495 g/mol. The monoisotopic (exact) mass is 494 g/mol. The van der Waals surface area contributed by atoms with Gasteiger partial charge in [-0.25, -0.2) is 9.97 Å². The highest BCUT2D eigenvalue weighted by atomic mass is 16.5. The zero-order chi connectivity index (χ0) is 26.0. The molecule has 186 valence electrons. The van der Waals surface area contributed by atoms with Crippen molar-refractivity contribution in [1.29, 1.82) is 0 Å². The van der Waals surface area contributed by atoms with Crippen molar-refractivity contribution in [1.82, 2.24) is 15.0 Å². The first-order valence-corrected chi connectivity index (χ1v) is 11.5. The molecule has 3 N–H and O–H groups in total. The van der Waals surface area contributed by atoms with E-state index in [1.54, 1.807) is 56.0 Å². The Balaban J connectivity index is 1.42. The molecule has 2 aromatic carbocycles. The summed E-state index contributed by atoms with van der Waals surface area (Å²) in [7, 11) is 1.55. The summed E-state index contributed by atoms with van der Waals surface area (Å²) < 4.78 is 4.87. The van der Waals surface area contributed by atoms with Crippen LogP contribution in [-0.2, 0) is 9.53 Å². The Kier molecular flexibility index (Phi) is 8.30. The number of hydrogen-bond acceptors (Lipinski definition) is 7. The first-order valence-electron chi connectivity index (χ1n) is 11.5. The van der Waals surface area contributed by atoms with Crippen LogP contribution in [0.5, 0.6) is 0 Å². The number of pyridine rings is 1. The molecular formula is C28H26N6O3. The van der Waals surface area contributed by atoms with Gasteiger partial charge in [0.25, 0.3) is 5.91 Å². The topological polar surface area (TPSA) is 118 Å². The lowest BCUT2D eigenvalue weighted by Crippen LogP contribution is -2.13. The Morgan fingerprint density at radius 1 is 0.973 bits per heavy atom. The lowest BCUT2D eigenvalue weighted by molar-refractivity contribution is -0.111. The first kappa shape index (κ1) is 25.2. The molecule has 0 aliphatic rings. The van der Waals surface area contributed by atoms with E-state index in [4.69, 9.17) is 4.74 Å². The van der Waals surface area contributed by atoms with E-state index >= 15 is 0 Å². The van der Waals surface area contributed by atoms with Gasteiger partial charge in [0, 0.05) is 60.0 Å². The molecule has 4 rings (SSSR count). The summed E-state index contributed by atoms with van der Waals surface area (Å²) in [5.74, 6) is -0.117. The van der Waals surface area contributed by atoms with E-state index < -0.39 is 0 Å². The normalized spacial score (nSPS) is 10.8. The van der Waals surface area contributed by atoms with Gasteiger partial charge in [0.15, 0.2) is 0 Å². The summed E-state index contributed by atoms with van der Waals surface area (Å²) in [4.78, 5) is 37.7. The molecule has 0 atom stereocenters. The number of methoxy groups -OCH3 is 1. The summed E-state index contributed by atoms with van der Waals surface area (Å²) in [6.07, 6.45) is 8.15. The van der Waals surface area contributed by atoms with E-state index in [0.717, 1.165) is 22.5 Å². The highest BCUT2D eigenvalue weighted by Crippen LogP contribution is 2.24. The number of amides is 2. The number of nitrogens with zero attached hydrogens (tertiary/aromatic N) is 3. The predicted octanol–water partition coefficient (Wildman–Crippen LogP) is 4.98. The second-order valence-corrected chi connectivity index (χ2v) is 8.04. The van der Waals surface area contributed by atoms with E-state index in [2.05, 4.69) is 30.9 Å². The summed E-state index contributed by atoms with van der Waals surface area (Å²) in [6, 6.07) is 17.8. The third-order valence-electron chi connectivity index (χ3n) is 5.30. The van der Waals surface area contributed by atoms with E-state index in [9.17, 15) is 9.59 Å². The molecule has 0 saturated heterocycles. The van der Waals surface area contributed by atoms with E-state index in [0.29, 0.717) is 29.5 Å². The van der Waals surface area contributed by atoms with Crippen LogP contribution in [0.15, 0.2) is 91.4 Å². The first-order chi connectivity index (χ1) is 18.0. The van der Waals surface area contributed by atoms with E-state index in [1.807, 2.05) is 43.3 Å². The molecule has 0 radical (unpaired) electrons. The Hall–Kier alpha value is -4.89. The third-order valence-corrected chi connectivity index (χ3v) is 5.30. The minimum atomic E-state index is -0.275. The van der Waals surface area contributed by atoms with Crippen LogP contribution in [0.25, 0.3) is 11.3 Å². The maximum absolute atomic E-state index is 12.8. The van der Waals surface area contributed by atoms with Crippen molar-refractivity contribution >= 4 is 34.8 Å². The maximum Gasteiger partial charge on any atom is 0.255 e. The van der Waals surface area contributed by atoms with Crippen LogP contribution in [0.1, 0.15) is 15.9 Å². The quantitative estimate of drug-likeness (QED) is 0.281. The number of benzene rings is 2. The number of nitrogens with one attached hydrogen (secondary N) is 3. The number of ether oxygens (including phenoxy) is 1. The van der Waals surface area contributed by atoms with E-state index in [-0.39, 0.29) is 11.8 Å². The lowest BCUT2D eigenvalue weighted by Gasteiger charge is -2.12. The van der Waals surface area contributed by atoms with Crippen LogP contribution in [0.3, 0.4) is 0 Å². The maximum atomic E-state index is 12.8. The SMILES string of the molecule is COC/C=C/C(=O)Nc1ccc(C(=O)Nc2ccc(C)c(Nc3nccc(-c4cccnc4)n3)c2)cc1. The van der Waals surface area contributed by atoms with Gasteiger partial charge in [-0.05, 0) is 67.1 Å². The van der Waals surface area contributed by atoms with Gasteiger partial charge < -0.3 is 20.7 Å². The third kappa shape index (κ3) is 7.06. The van der Waals surface area contributed by atoms with Crippen LogP contribution >= 0.6 is 0 Å². The van der Waals surface area contributed by atoms with Gasteiger partial charge in [-0.15, -0.1) is 0 Å². The Morgan fingerprint density at radius 2 is 1.78 bits per heavy atom. The molecule has 0 aliphatic heterocycles. The van der Waals surface area contributed by atoms with Crippen molar-refractivity contribution < 1.29 is 14.3 Å². The van der Waals surface area contributed by atoms with E-state index in [1.165, 1.54) is 6.08 Å². The van der Waals surface area contributed by atoms with Crippen molar-refractivity contribution in [3.8, 4) is 11.3 Å². The molecule has 37 heavy (non-hydrogen) atoms. The molecule has 2 aromatic heterocycles. The molecule has 0 unspecified atom stereocenters.